The van der Waals surface area contributed by atoms with E-state index in [4.69, 9.17) is 11.6 Å². The van der Waals surface area contributed by atoms with E-state index in [9.17, 15) is 9.90 Å². The topological polar surface area (TPSA) is 66.0 Å². The fourth-order valence-electron chi connectivity index (χ4n) is 1.90. The molecule has 0 fully saturated rings. The molecule has 0 aliphatic carbocycles. The van der Waals surface area contributed by atoms with Crippen molar-refractivity contribution in [3.8, 4) is 17.1 Å². The monoisotopic (exact) mass is 272 g/mol. The van der Waals surface area contributed by atoms with Gasteiger partial charge in [-0.25, -0.2) is 4.98 Å². The van der Waals surface area contributed by atoms with Crippen LogP contribution in [0.3, 0.4) is 0 Å². The molecule has 3 aromatic rings. The molecule has 0 saturated heterocycles. The molecule has 3 rings (SSSR count). The molecule has 0 radical (unpaired) electrons. The summed E-state index contributed by atoms with van der Waals surface area (Å²) in [6, 6.07) is 11.6. The predicted octanol–water partition coefficient (Wildman–Crippen LogP) is 2.95. The minimum atomic E-state index is -0.295. The van der Waals surface area contributed by atoms with E-state index in [0.29, 0.717) is 21.7 Å². The molecule has 0 saturated carbocycles. The molecule has 5 heteroatoms. The third-order valence-electron chi connectivity index (χ3n) is 2.79. The molecule has 4 nitrogen and oxygen atoms in total. The fraction of sp³-hybridized carbons (Fsp3) is 0. The standard InChI is InChI=1S/C14H9ClN2O2/c15-9-3-1-2-8(6-9)13-16-12-5-4-10(18)7-11(12)14(19)17-13/h1-7,18H,(H,16,17,19). The van der Waals surface area contributed by atoms with Crippen LogP contribution in [0.15, 0.2) is 47.3 Å². The third kappa shape index (κ3) is 2.18. The number of hydrogen-bond donors (Lipinski definition) is 2. The van der Waals surface area contributed by atoms with E-state index in [-0.39, 0.29) is 11.3 Å². The van der Waals surface area contributed by atoms with Crippen molar-refractivity contribution in [2.75, 3.05) is 0 Å². The van der Waals surface area contributed by atoms with Gasteiger partial charge in [-0.3, -0.25) is 4.79 Å². The van der Waals surface area contributed by atoms with Crippen LogP contribution in [-0.4, -0.2) is 15.1 Å². The van der Waals surface area contributed by atoms with E-state index in [0.717, 1.165) is 5.56 Å². The Hall–Kier alpha value is -2.33. The molecular weight excluding hydrogens is 264 g/mol. The Morgan fingerprint density at radius 2 is 2.00 bits per heavy atom. The molecule has 0 aliphatic rings. The molecular formula is C14H9ClN2O2. The average Bonchev–Trinajstić information content (AvgIpc) is 2.39. The number of fused-ring (bicyclic) bond motifs is 1. The number of halogens is 1. The summed E-state index contributed by atoms with van der Waals surface area (Å²) in [7, 11) is 0. The van der Waals surface area contributed by atoms with Crippen molar-refractivity contribution in [2.24, 2.45) is 0 Å². The zero-order chi connectivity index (χ0) is 13.4. The van der Waals surface area contributed by atoms with E-state index in [1.54, 1.807) is 24.3 Å². The summed E-state index contributed by atoms with van der Waals surface area (Å²) in [6.45, 7) is 0. The first-order valence-electron chi connectivity index (χ1n) is 5.62. The van der Waals surface area contributed by atoms with E-state index >= 15 is 0 Å². The Kier molecular flexibility index (Phi) is 2.72. The molecule has 19 heavy (non-hydrogen) atoms. The van der Waals surface area contributed by atoms with Crippen molar-refractivity contribution < 1.29 is 5.11 Å². The van der Waals surface area contributed by atoms with Crippen LogP contribution in [0.25, 0.3) is 22.3 Å². The van der Waals surface area contributed by atoms with Gasteiger partial charge in [0, 0.05) is 10.6 Å². The second kappa shape index (κ2) is 4.40. The summed E-state index contributed by atoms with van der Waals surface area (Å²) in [5.41, 5.74) is 0.965. The van der Waals surface area contributed by atoms with Crippen molar-refractivity contribution in [2.45, 2.75) is 0 Å². The van der Waals surface area contributed by atoms with Gasteiger partial charge >= 0.3 is 0 Å². The quantitative estimate of drug-likeness (QED) is 0.716. The zero-order valence-electron chi connectivity index (χ0n) is 9.72. The Bertz CT molecular complexity index is 827. The normalized spacial score (nSPS) is 10.8. The van der Waals surface area contributed by atoms with Crippen LogP contribution in [0.1, 0.15) is 0 Å². The maximum absolute atomic E-state index is 12.0. The summed E-state index contributed by atoms with van der Waals surface area (Å²) in [4.78, 5) is 19.0. The van der Waals surface area contributed by atoms with Crippen molar-refractivity contribution >= 4 is 22.5 Å². The maximum Gasteiger partial charge on any atom is 0.259 e. The van der Waals surface area contributed by atoms with Gasteiger partial charge in [0.1, 0.15) is 11.6 Å². The van der Waals surface area contributed by atoms with Gasteiger partial charge in [0.15, 0.2) is 0 Å². The van der Waals surface area contributed by atoms with Gasteiger partial charge in [-0.15, -0.1) is 0 Å². The summed E-state index contributed by atoms with van der Waals surface area (Å²) >= 11 is 5.92. The third-order valence-corrected chi connectivity index (χ3v) is 3.02. The van der Waals surface area contributed by atoms with Gasteiger partial charge in [0.05, 0.1) is 10.9 Å². The number of nitrogens with one attached hydrogen (secondary N) is 1. The Morgan fingerprint density at radius 3 is 2.79 bits per heavy atom. The highest BCUT2D eigenvalue weighted by molar-refractivity contribution is 6.30. The van der Waals surface area contributed by atoms with E-state index in [2.05, 4.69) is 9.97 Å². The molecule has 1 heterocycles. The number of H-pyrrole nitrogens is 1. The first kappa shape index (κ1) is 11.7. The molecule has 1 aromatic heterocycles. The van der Waals surface area contributed by atoms with E-state index in [1.165, 1.54) is 12.1 Å². The smallest absolute Gasteiger partial charge is 0.259 e. The molecule has 0 aliphatic heterocycles. The summed E-state index contributed by atoms with van der Waals surface area (Å²) in [5.74, 6) is 0.487. The molecule has 0 bridgehead atoms. The molecule has 94 valence electrons. The van der Waals surface area contributed by atoms with Crippen molar-refractivity contribution in [3.05, 3.63) is 57.8 Å². The second-order valence-electron chi connectivity index (χ2n) is 4.13. The number of phenolic OH excluding ortho intramolecular Hbond substituents is 1. The molecule has 2 aromatic carbocycles. The first-order chi connectivity index (χ1) is 9.13. The number of benzene rings is 2. The zero-order valence-corrected chi connectivity index (χ0v) is 10.5. The first-order valence-corrected chi connectivity index (χ1v) is 6.00. The van der Waals surface area contributed by atoms with E-state index in [1.807, 2.05) is 6.07 Å². The van der Waals surface area contributed by atoms with Crippen LogP contribution < -0.4 is 5.56 Å². The highest BCUT2D eigenvalue weighted by Crippen LogP contribution is 2.21. The largest absolute Gasteiger partial charge is 0.508 e. The number of hydrogen-bond acceptors (Lipinski definition) is 3. The molecule has 2 N–H and O–H groups in total. The van der Waals surface area contributed by atoms with E-state index < -0.39 is 0 Å². The lowest BCUT2D eigenvalue weighted by Gasteiger charge is -2.04. The van der Waals surface area contributed by atoms with Crippen LogP contribution in [0.4, 0.5) is 0 Å². The van der Waals surface area contributed by atoms with Crippen LogP contribution in [0.2, 0.25) is 5.02 Å². The van der Waals surface area contributed by atoms with Gasteiger partial charge in [0.25, 0.3) is 5.56 Å². The molecule has 0 atom stereocenters. The number of aromatic hydroxyl groups is 1. The lowest BCUT2D eigenvalue weighted by Crippen LogP contribution is -2.09. The Morgan fingerprint density at radius 1 is 1.16 bits per heavy atom. The predicted molar refractivity (Wildman–Crippen MR) is 74.5 cm³/mol. The number of nitrogens with zero attached hydrogens (tertiary/aromatic N) is 1. The molecule has 0 amide bonds. The minimum absolute atomic E-state index is 0.0373. The van der Waals surface area contributed by atoms with Crippen molar-refractivity contribution in [1.29, 1.82) is 0 Å². The van der Waals surface area contributed by atoms with Gasteiger partial charge in [-0.1, -0.05) is 23.7 Å². The lowest BCUT2D eigenvalue weighted by molar-refractivity contribution is 0.476. The Balaban J connectivity index is 2.27. The minimum Gasteiger partial charge on any atom is -0.508 e. The SMILES string of the molecule is O=c1[nH]c(-c2cccc(Cl)c2)nc2ccc(O)cc12. The van der Waals surface area contributed by atoms with Crippen molar-refractivity contribution in [1.82, 2.24) is 9.97 Å². The van der Waals surface area contributed by atoms with Crippen molar-refractivity contribution in [3.63, 3.8) is 0 Å². The maximum atomic E-state index is 12.0. The molecule has 0 spiro atoms. The van der Waals surface area contributed by atoms with Gasteiger partial charge in [0.2, 0.25) is 0 Å². The van der Waals surface area contributed by atoms with Gasteiger partial charge < -0.3 is 10.1 Å². The Labute approximate surface area is 113 Å². The van der Waals surface area contributed by atoms with Gasteiger partial charge in [-0.2, -0.15) is 0 Å². The molecule has 0 unspecified atom stereocenters. The van der Waals surface area contributed by atoms with Crippen LogP contribution >= 0.6 is 11.6 Å². The van der Waals surface area contributed by atoms with Gasteiger partial charge in [-0.05, 0) is 30.3 Å². The fourth-order valence-corrected chi connectivity index (χ4v) is 2.09. The summed E-state index contributed by atoms with van der Waals surface area (Å²) < 4.78 is 0. The van der Waals surface area contributed by atoms with Crippen LogP contribution in [0.5, 0.6) is 5.75 Å². The number of phenols is 1. The number of aromatic amines is 1. The van der Waals surface area contributed by atoms with Crippen LogP contribution in [-0.2, 0) is 0 Å². The highest BCUT2D eigenvalue weighted by atomic mass is 35.5. The summed E-state index contributed by atoms with van der Waals surface area (Å²) in [6.07, 6.45) is 0. The second-order valence-corrected chi connectivity index (χ2v) is 4.56. The summed E-state index contributed by atoms with van der Waals surface area (Å²) in [5, 5.41) is 10.3. The highest BCUT2D eigenvalue weighted by Gasteiger charge is 2.06. The number of aromatic nitrogens is 2. The average molecular weight is 273 g/mol. The lowest BCUT2D eigenvalue weighted by atomic mass is 10.2. The number of rotatable bonds is 1. The van der Waals surface area contributed by atoms with Crippen LogP contribution in [0, 0.1) is 0 Å².